The van der Waals surface area contributed by atoms with Crippen LogP contribution < -0.4 is 9.47 Å². The molecule has 6 heteroatoms. The summed E-state index contributed by atoms with van der Waals surface area (Å²) in [5, 5.41) is 0.769. The summed E-state index contributed by atoms with van der Waals surface area (Å²) in [7, 11) is 0. The topological polar surface area (TPSA) is 57.7 Å². The largest absolute Gasteiger partial charge is 0.494 e. The Morgan fingerprint density at radius 2 is 1.75 bits per heavy atom. The van der Waals surface area contributed by atoms with E-state index in [1.54, 1.807) is 24.3 Å². The van der Waals surface area contributed by atoms with Crippen molar-refractivity contribution in [2.24, 2.45) is 0 Å². The Labute approximate surface area is 143 Å². The molecule has 1 aromatic heterocycles. The fourth-order valence-electron chi connectivity index (χ4n) is 2.11. The van der Waals surface area contributed by atoms with Crippen molar-refractivity contribution in [2.45, 2.75) is 13.5 Å². The molecule has 3 rings (SSSR count). The second kappa shape index (κ2) is 7.79. The van der Waals surface area contributed by atoms with Crippen molar-refractivity contribution in [3.05, 3.63) is 53.5 Å². The molecule has 0 fully saturated rings. The minimum absolute atomic E-state index is 0.140. The first-order valence-corrected chi connectivity index (χ1v) is 8.42. The number of thiazole rings is 1. The number of rotatable bonds is 7. The second-order valence-electron chi connectivity index (χ2n) is 4.93. The fourth-order valence-corrected chi connectivity index (χ4v) is 2.99. The molecule has 0 unspecified atom stereocenters. The van der Waals surface area contributed by atoms with Crippen LogP contribution in [0.1, 0.15) is 11.9 Å². The van der Waals surface area contributed by atoms with Crippen LogP contribution in [0.2, 0.25) is 0 Å². The number of benzene rings is 2. The molecule has 24 heavy (non-hydrogen) atoms. The summed E-state index contributed by atoms with van der Waals surface area (Å²) in [5.74, 6) is 0.932. The summed E-state index contributed by atoms with van der Waals surface area (Å²) in [6.07, 6.45) is 0. The van der Waals surface area contributed by atoms with Crippen LogP contribution in [0.5, 0.6) is 11.5 Å². The number of hydrogen-bond acceptors (Lipinski definition) is 6. The minimum atomic E-state index is -0.428. The number of hydrogen-bond donors (Lipinski definition) is 0. The standard InChI is InChI=1S/C18H17NO4S/c1-2-21-13-7-9-14(10-8-13)22-12-18(20)23-11-17-19-15-5-3-4-6-16(15)24-17/h3-10H,2,11-12H2,1H3. The van der Waals surface area contributed by atoms with Crippen molar-refractivity contribution < 1.29 is 19.0 Å². The van der Waals surface area contributed by atoms with E-state index in [9.17, 15) is 4.79 Å². The van der Waals surface area contributed by atoms with Gasteiger partial charge >= 0.3 is 5.97 Å². The Morgan fingerprint density at radius 3 is 2.46 bits per heavy atom. The fraction of sp³-hybridized carbons (Fsp3) is 0.222. The molecule has 124 valence electrons. The molecule has 0 atom stereocenters. The van der Waals surface area contributed by atoms with Crippen LogP contribution >= 0.6 is 11.3 Å². The lowest BCUT2D eigenvalue weighted by molar-refractivity contribution is -0.147. The molecule has 0 amide bonds. The number of nitrogens with zero attached hydrogens (tertiary/aromatic N) is 1. The molecule has 0 radical (unpaired) electrons. The third-order valence-electron chi connectivity index (χ3n) is 3.19. The Balaban J connectivity index is 1.47. The number of aromatic nitrogens is 1. The van der Waals surface area contributed by atoms with Crippen molar-refractivity contribution >= 4 is 27.5 Å². The number of carbonyl (C=O) groups excluding carboxylic acids is 1. The van der Waals surface area contributed by atoms with E-state index in [1.165, 1.54) is 11.3 Å². The molecular weight excluding hydrogens is 326 g/mol. The molecule has 0 saturated carbocycles. The molecule has 3 aromatic rings. The molecule has 2 aromatic carbocycles. The van der Waals surface area contributed by atoms with Crippen LogP contribution in [0.4, 0.5) is 0 Å². The summed E-state index contributed by atoms with van der Waals surface area (Å²) in [4.78, 5) is 16.2. The Bertz CT molecular complexity index is 780. The average molecular weight is 343 g/mol. The Kier molecular flexibility index (Phi) is 5.28. The highest BCUT2D eigenvalue weighted by Gasteiger charge is 2.08. The summed E-state index contributed by atoms with van der Waals surface area (Å²) >= 11 is 1.52. The zero-order valence-electron chi connectivity index (χ0n) is 13.2. The second-order valence-corrected chi connectivity index (χ2v) is 6.04. The lowest BCUT2D eigenvalue weighted by Gasteiger charge is -2.07. The molecule has 0 aliphatic carbocycles. The molecular formula is C18H17NO4S. The van der Waals surface area contributed by atoms with Crippen LogP contribution in [0.3, 0.4) is 0 Å². The summed E-state index contributed by atoms with van der Waals surface area (Å²) < 4.78 is 17.0. The quantitative estimate of drug-likeness (QED) is 0.611. The lowest BCUT2D eigenvalue weighted by Crippen LogP contribution is -2.14. The zero-order chi connectivity index (χ0) is 16.8. The van der Waals surface area contributed by atoms with Crippen LogP contribution in [0.15, 0.2) is 48.5 Å². The average Bonchev–Trinajstić information content (AvgIpc) is 3.02. The van der Waals surface area contributed by atoms with Gasteiger partial charge in [0, 0.05) is 0 Å². The van der Waals surface area contributed by atoms with E-state index >= 15 is 0 Å². The molecule has 0 bridgehead atoms. The molecule has 0 N–H and O–H groups in total. The van der Waals surface area contributed by atoms with E-state index in [1.807, 2.05) is 31.2 Å². The van der Waals surface area contributed by atoms with E-state index in [4.69, 9.17) is 14.2 Å². The van der Waals surface area contributed by atoms with Gasteiger partial charge in [-0.1, -0.05) is 12.1 Å². The minimum Gasteiger partial charge on any atom is -0.494 e. The SMILES string of the molecule is CCOc1ccc(OCC(=O)OCc2nc3ccccc3s2)cc1. The summed E-state index contributed by atoms with van der Waals surface area (Å²) in [5.41, 5.74) is 0.916. The molecule has 1 heterocycles. The highest BCUT2D eigenvalue weighted by Crippen LogP contribution is 2.22. The summed E-state index contributed by atoms with van der Waals surface area (Å²) in [6, 6.07) is 14.9. The number of ether oxygens (including phenoxy) is 3. The first kappa shape index (κ1) is 16.3. The highest BCUT2D eigenvalue weighted by atomic mass is 32.1. The maximum absolute atomic E-state index is 11.8. The highest BCUT2D eigenvalue weighted by molar-refractivity contribution is 7.18. The molecule has 0 saturated heterocycles. The van der Waals surface area contributed by atoms with Crippen molar-refractivity contribution in [2.75, 3.05) is 13.2 Å². The van der Waals surface area contributed by atoms with Gasteiger partial charge in [0.1, 0.15) is 23.1 Å². The van der Waals surface area contributed by atoms with E-state index in [0.717, 1.165) is 21.0 Å². The Morgan fingerprint density at radius 1 is 1.04 bits per heavy atom. The van der Waals surface area contributed by atoms with Gasteiger partial charge in [-0.2, -0.15) is 0 Å². The maximum Gasteiger partial charge on any atom is 0.344 e. The number of esters is 1. The van der Waals surface area contributed by atoms with Crippen molar-refractivity contribution in [3.63, 3.8) is 0 Å². The van der Waals surface area contributed by atoms with E-state index in [-0.39, 0.29) is 13.2 Å². The van der Waals surface area contributed by atoms with Gasteiger partial charge in [0.2, 0.25) is 0 Å². The zero-order valence-corrected chi connectivity index (χ0v) is 14.0. The van der Waals surface area contributed by atoms with Gasteiger partial charge in [0.15, 0.2) is 6.61 Å². The van der Waals surface area contributed by atoms with Crippen molar-refractivity contribution in [3.8, 4) is 11.5 Å². The predicted octanol–water partition coefficient (Wildman–Crippen LogP) is 3.82. The van der Waals surface area contributed by atoms with Gasteiger partial charge in [0.05, 0.1) is 16.8 Å². The molecule has 0 aliphatic rings. The van der Waals surface area contributed by atoms with Crippen molar-refractivity contribution in [1.82, 2.24) is 4.98 Å². The number of para-hydroxylation sites is 1. The van der Waals surface area contributed by atoms with Crippen molar-refractivity contribution in [1.29, 1.82) is 0 Å². The van der Waals surface area contributed by atoms with E-state index in [0.29, 0.717) is 12.4 Å². The summed E-state index contributed by atoms with van der Waals surface area (Å²) in [6.45, 7) is 2.55. The number of carbonyl (C=O) groups is 1. The van der Waals surface area contributed by atoms with Crippen LogP contribution in [0.25, 0.3) is 10.2 Å². The third kappa shape index (κ3) is 4.23. The molecule has 0 spiro atoms. The number of fused-ring (bicyclic) bond motifs is 1. The predicted molar refractivity (Wildman–Crippen MR) is 92.5 cm³/mol. The normalized spacial score (nSPS) is 10.5. The van der Waals surface area contributed by atoms with Gasteiger partial charge in [-0.05, 0) is 43.3 Å². The van der Waals surface area contributed by atoms with Gasteiger partial charge in [-0.25, -0.2) is 9.78 Å². The Hall–Kier alpha value is -2.60. The van der Waals surface area contributed by atoms with E-state index < -0.39 is 5.97 Å². The smallest absolute Gasteiger partial charge is 0.344 e. The van der Waals surface area contributed by atoms with Crippen LogP contribution in [-0.4, -0.2) is 24.2 Å². The monoisotopic (exact) mass is 343 g/mol. The lowest BCUT2D eigenvalue weighted by atomic mass is 10.3. The van der Waals surface area contributed by atoms with Crippen LogP contribution in [0, 0.1) is 0 Å². The van der Waals surface area contributed by atoms with Gasteiger partial charge in [-0.3, -0.25) is 0 Å². The van der Waals surface area contributed by atoms with E-state index in [2.05, 4.69) is 4.98 Å². The first-order valence-electron chi connectivity index (χ1n) is 7.60. The maximum atomic E-state index is 11.8. The molecule has 5 nitrogen and oxygen atoms in total. The molecule has 0 aliphatic heterocycles. The third-order valence-corrected chi connectivity index (χ3v) is 4.20. The van der Waals surface area contributed by atoms with Gasteiger partial charge < -0.3 is 14.2 Å². The van der Waals surface area contributed by atoms with Gasteiger partial charge in [-0.15, -0.1) is 11.3 Å². The first-order chi connectivity index (χ1) is 11.7. The van der Waals surface area contributed by atoms with Crippen LogP contribution in [-0.2, 0) is 16.1 Å². The van der Waals surface area contributed by atoms with Gasteiger partial charge in [0.25, 0.3) is 0 Å².